The van der Waals surface area contributed by atoms with Gasteiger partial charge in [0.05, 0.1) is 23.8 Å². The lowest BCUT2D eigenvalue weighted by Gasteiger charge is -2.02. The van der Waals surface area contributed by atoms with Crippen molar-refractivity contribution in [2.45, 2.75) is 0 Å². The molecule has 0 spiro atoms. The molecule has 0 saturated heterocycles. The van der Waals surface area contributed by atoms with Gasteiger partial charge in [0, 0.05) is 0 Å². The Kier molecular flexibility index (Phi) is 3.42. The third-order valence-corrected chi connectivity index (χ3v) is 2.81. The summed E-state index contributed by atoms with van der Waals surface area (Å²) in [6.07, 6.45) is 3.19. The predicted molar refractivity (Wildman–Crippen MR) is 75.7 cm³/mol. The number of pyridine rings is 1. The number of aromatic nitrogens is 3. The van der Waals surface area contributed by atoms with Crippen LogP contribution in [0.25, 0.3) is 5.69 Å². The first-order chi connectivity index (χ1) is 10.2. The Labute approximate surface area is 120 Å². The minimum Gasteiger partial charge on any atom is -0.318 e. The molecule has 2 heterocycles. The molecule has 0 fully saturated rings. The molecule has 0 bridgehead atoms. The van der Waals surface area contributed by atoms with Gasteiger partial charge in [-0.1, -0.05) is 24.3 Å². The zero-order chi connectivity index (χ0) is 14.7. The monoisotopic (exact) mass is 282 g/mol. The molecular weight excluding hydrogens is 271 g/mol. The van der Waals surface area contributed by atoms with E-state index in [4.69, 9.17) is 0 Å². The van der Waals surface area contributed by atoms with Gasteiger partial charge in [0.2, 0.25) is 5.95 Å². The number of nitrogens with zero attached hydrogens (tertiary/aromatic N) is 3. The second kappa shape index (κ2) is 5.54. The fourth-order valence-electron chi connectivity index (χ4n) is 1.84. The van der Waals surface area contributed by atoms with E-state index in [2.05, 4.69) is 15.4 Å². The number of hydrogen-bond acceptors (Lipinski definition) is 3. The summed E-state index contributed by atoms with van der Waals surface area (Å²) >= 11 is 0. The Hall–Kier alpha value is -3.02. The van der Waals surface area contributed by atoms with Crippen LogP contribution in [0.4, 0.5) is 10.1 Å². The van der Waals surface area contributed by atoms with Crippen molar-refractivity contribution in [1.29, 1.82) is 0 Å². The van der Waals surface area contributed by atoms with Crippen molar-refractivity contribution in [1.82, 2.24) is 14.8 Å². The van der Waals surface area contributed by atoms with Crippen LogP contribution in [-0.4, -0.2) is 20.7 Å². The summed E-state index contributed by atoms with van der Waals surface area (Å²) in [5, 5.41) is 6.78. The standard InChI is InChI=1S/C15H11FN4O/c16-14-8-4-7-13(19-14)15(21)18-11-9-17-20(10-11)12-5-2-1-3-6-12/h1-10H,(H,18,21). The molecule has 3 aromatic rings. The normalized spacial score (nSPS) is 10.3. The van der Waals surface area contributed by atoms with Crippen molar-refractivity contribution in [3.63, 3.8) is 0 Å². The van der Waals surface area contributed by atoms with Crippen LogP contribution in [0.3, 0.4) is 0 Å². The largest absolute Gasteiger partial charge is 0.318 e. The van der Waals surface area contributed by atoms with E-state index in [1.807, 2.05) is 30.3 Å². The summed E-state index contributed by atoms with van der Waals surface area (Å²) in [7, 11) is 0. The SMILES string of the molecule is O=C(Nc1cnn(-c2ccccc2)c1)c1cccc(F)n1. The highest BCUT2D eigenvalue weighted by Gasteiger charge is 2.10. The van der Waals surface area contributed by atoms with Gasteiger partial charge in [-0.3, -0.25) is 4.79 Å². The van der Waals surface area contributed by atoms with Crippen LogP contribution in [0.15, 0.2) is 60.9 Å². The number of para-hydroxylation sites is 1. The molecule has 0 saturated carbocycles. The molecule has 5 nitrogen and oxygen atoms in total. The molecule has 6 heteroatoms. The molecule has 1 N–H and O–H groups in total. The molecule has 0 aliphatic carbocycles. The van der Waals surface area contributed by atoms with E-state index in [-0.39, 0.29) is 5.69 Å². The Morgan fingerprint density at radius 3 is 2.67 bits per heavy atom. The lowest BCUT2D eigenvalue weighted by atomic mass is 10.3. The Morgan fingerprint density at radius 2 is 1.90 bits per heavy atom. The molecule has 1 aromatic carbocycles. The summed E-state index contributed by atoms with van der Waals surface area (Å²) in [6, 6.07) is 13.6. The van der Waals surface area contributed by atoms with Gasteiger partial charge in [0.1, 0.15) is 5.69 Å². The van der Waals surface area contributed by atoms with Gasteiger partial charge in [-0.05, 0) is 24.3 Å². The topological polar surface area (TPSA) is 59.8 Å². The van der Waals surface area contributed by atoms with E-state index in [1.165, 1.54) is 24.4 Å². The Bertz CT molecular complexity index is 770. The number of benzene rings is 1. The third-order valence-electron chi connectivity index (χ3n) is 2.81. The molecule has 0 aliphatic heterocycles. The molecule has 0 atom stereocenters. The second-order valence-corrected chi connectivity index (χ2v) is 4.31. The summed E-state index contributed by atoms with van der Waals surface area (Å²) in [5.41, 5.74) is 1.40. The van der Waals surface area contributed by atoms with Crippen molar-refractivity contribution in [2.75, 3.05) is 5.32 Å². The lowest BCUT2D eigenvalue weighted by Crippen LogP contribution is -2.13. The number of amides is 1. The van der Waals surface area contributed by atoms with Gasteiger partial charge in [0.25, 0.3) is 5.91 Å². The van der Waals surface area contributed by atoms with E-state index in [1.54, 1.807) is 10.9 Å². The number of carbonyl (C=O) groups is 1. The fraction of sp³-hybridized carbons (Fsp3) is 0. The van der Waals surface area contributed by atoms with Crippen LogP contribution in [-0.2, 0) is 0 Å². The number of carbonyl (C=O) groups excluding carboxylic acids is 1. The Morgan fingerprint density at radius 1 is 1.10 bits per heavy atom. The molecule has 2 aromatic heterocycles. The van der Waals surface area contributed by atoms with E-state index >= 15 is 0 Å². The number of halogens is 1. The van der Waals surface area contributed by atoms with Crippen LogP contribution in [0, 0.1) is 5.95 Å². The number of hydrogen-bond donors (Lipinski definition) is 1. The molecule has 3 rings (SSSR count). The van der Waals surface area contributed by atoms with Gasteiger partial charge in [-0.25, -0.2) is 9.67 Å². The summed E-state index contributed by atoms with van der Waals surface area (Å²) in [5.74, 6) is -1.18. The fourth-order valence-corrected chi connectivity index (χ4v) is 1.84. The minimum atomic E-state index is -0.692. The van der Waals surface area contributed by atoms with Gasteiger partial charge >= 0.3 is 0 Å². The van der Waals surface area contributed by atoms with Crippen LogP contribution in [0.5, 0.6) is 0 Å². The van der Waals surface area contributed by atoms with Crippen molar-refractivity contribution < 1.29 is 9.18 Å². The zero-order valence-electron chi connectivity index (χ0n) is 10.9. The van der Waals surface area contributed by atoms with Crippen molar-refractivity contribution in [2.24, 2.45) is 0 Å². The maximum absolute atomic E-state index is 13.0. The molecule has 1 amide bonds. The van der Waals surface area contributed by atoms with E-state index in [0.717, 1.165) is 5.69 Å². The first kappa shape index (κ1) is 13.0. The quantitative estimate of drug-likeness (QED) is 0.751. The number of nitrogens with one attached hydrogen (secondary N) is 1. The predicted octanol–water partition coefficient (Wildman–Crippen LogP) is 2.66. The smallest absolute Gasteiger partial charge is 0.274 e. The highest BCUT2D eigenvalue weighted by atomic mass is 19.1. The first-order valence-electron chi connectivity index (χ1n) is 6.26. The van der Waals surface area contributed by atoms with Gasteiger partial charge in [-0.2, -0.15) is 9.49 Å². The average Bonchev–Trinajstić information content (AvgIpc) is 2.97. The van der Waals surface area contributed by atoms with Crippen molar-refractivity contribution in [3.8, 4) is 5.69 Å². The van der Waals surface area contributed by atoms with E-state index in [0.29, 0.717) is 5.69 Å². The van der Waals surface area contributed by atoms with Crippen molar-refractivity contribution in [3.05, 3.63) is 72.6 Å². The first-order valence-corrected chi connectivity index (χ1v) is 6.26. The van der Waals surface area contributed by atoms with Crippen LogP contribution < -0.4 is 5.32 Å². The zero-order valence-corrected chi connectivity index (χ0v) is 10.9. The van der Waals surface area contributed by atoms with Gasteiger partial charge in [-0.15, -0.1) is 0 Å². The molecule has 104 valence electrons. The highest BCUT2D eigenvalue weighted by Crippen LogP contribution is 2.12. The summed E-state index contributed by atoms with van der Waals surface area (Å²) in [4.78, 5) is 15.5. The van der Waals surface area contributed by atoms with Crippen LogP contribution >= 0.6 is 0 Å². The highest BCUT2D eigenvalue weighted by molar-refractivity contribution is 6.02. The number of rotatable bonds is 3. The summed E-state index contributed by atoms with van der Waals surface area (Å²) in [6.45, 7) is 0. The number of anilines is 1. The molecule has 0 unspecified atom stereocenters. The van der Waals surface area contributed by atoms with Crippen LogP contribution in [0.1, 0.15) is 10.5 Å². The molecule has 21 heavy (non-hydrogen) atoms. The Balaban J connectivity index is 1.77. The van der Waals surface area contributed by atoms with E-state index in [9.17, 15) is 9.18 Å². The van der Waals surface area contributed by atoms with Gasteiger partial charge in [0.15, 0.2) is 0 Å². The molecular formula is C15H11FN4O. The molecule has 0 radical (unpaired) electrons. The molecule has 0 aliphatic rings. The van der Waals surface area contributed by atoms with Crippen LogP contribution in [0.2, 0.25) is 0 Å². The van der Waals surface area contributed by atoms with Gasteiger partial charge < -0.3 is 5.32 Å². The minimum absolute atomic E-state index is 0.0162. The van der Waals surface area contributed by atoms with Crippen molar-refractivity contribution >= 4 is 11.6 Å². The van der Waals surface area contributed by atoms with E-state index < -0.39 is 11.9 Å². The average molecular weight is 282 g/mol. The summed E-state index contributed by atoms with van der Waals surface area (Å²) < 4.78 is 14.6. The maximum atomic E-state index is 13.0. The second-order valence-electron chi connectivity index (χ2n) is 4.31. The maximum Gasteiger partial charge on any atom is 0.274 e. The lowest BCUT2D eigenvalue weighted by molar-refractivity contribution is 0.102. The third kappa shape index (κ3) is 2.94.